The Labute approximate surface area is 156 Å². The number of rotatable bonds is 6. The first-order valence-electron chi connectivity index (χ1n) is 8.31. The van der Waals surface area contributed by atoms with Crippen molar-refractivity contribution in [2.75, 3.05) is 18.9 Å². The number of hydrogen-bond donors (Lipinski definition) is 2. The molecule has 3 heterocycles. The van der Waals surface area contributed by atoms with Gasteiger partial charge in [0.2, 0.25) is 0 Å². The van der Waals surface area contributed by atoms with Crippen molar-refractivity contribution < 1.29 is 37.3 Å². The first-order chi connectivity index (χ1) is 13.2. The van der Waals surface area contributed by atoms with Gasteiger partial charge in [0, 0.05) is 0 Å². The van der Waals surface area contributed by atoms with Gasteiger partial charge in [-0.25, -0.2) is 19.7 Å². The number of aromatic nitrogens is 4. The summed E-state index contributed by atoms with van der Waals surface area (Å²) in [5.74, 6) is -1.08. The molecule has 2 aromatic heterocycles. The van der Waals surface area contributed by atoms with Gasteiger partial charge in [0.1, 0.15) is 30.7 Å². The number of hydrogen-bond acceptors (Lipinski definition) is 9. The number of aliphatic hydroxyl groups excluding tert-OH is 1. The van der Waals surface area contributed by atoms with Crippen LogP contribution in [0, 0.1) is 0 Å². The Hall–Kier alpha value is -2.51. The van der Waals surface area contributed by atoms with Crippen LogP contribution in [-0.4, -0.2) is 68.3 Å². The Balaban J connectivity index is 1.77. The van der Waals surface area contributed by atoms with Crippen LogP contribution in [0.3, 0.4) is 0 Å². The molecule has 10 nitrogen and oxygen atoms in total. The lowest BCUT2D eigenvalue weighted by molar-refractivity contribution is -0.191. The fourth-order valence-corrected chi connectivity index (χ4v) is 2.88. The van der Waals surface area contributed by atoms with Gasteiger partial charge in [-0.2, -0.15) is 13.2 Å². The zero-order valence-corrected chi connectivity index (χ0v) is 14.7. The number of imidazole rings is 1. The van der Waals surface area contributed by atoms with Crippen molar-refractivity contribution in [2.45, 2.75) is 44.1 Å². The van der Waals surface area contributed by atoms with Crippen molar-refractivity contribution >= 4 is 23.0 Å². The van der Waals surface area contributed by atoms with E-state index in [4.69, 9.17) is 15.2 Å². The number of nitrogens with zero attached hydrogens (tertiary/aromatic N) is 4. The van der Waals surface area contributed by atoms with Crippen LogP contribution in [0.1, 0.15) is 19.6 Å². The zero-order valence-electron chi connectivity index (χ0n) is 14.7. The molecular weight excluding hydrogens is 387 g/mol. The summed E-state index contributed by atoms with van der Waals surface area (Å²) in [6, 6.07) is 0. The maximum atomic E-state index is 12.1. The summed E-state index contributed by atoms with van der Waals surface area (Å²) in [6.07, 6.45) is -5.39. The molecule has 0 aliphatic carbocycles. The molecule has 28 heavy (non-hydrogen) atoms. The number of carbonyl (C=O) groups is 1. The minimum Gasteiger partial charge on any atom is -0.454 e. The Kier molecular flexibility index (Phi) is 5.67. The molecule has 0 spiro atoms. The standard InChI is InChI=1S/C15H18F3N5O5/c1-2-7-10(25)11(26-3-8(24)27-4-15(16,17)18)14(28-7)23-6-22-9-12(19)20-5-21-13(9)23/h5-7,10-11,14,25H,2-4H2,1H3,(H2,19,20,21)/t7-,10?,11+,14-/m1/s1. The first-order valence-corrected chi connectivity index (χ1v) is 8.31. The molecule has 0 saturated carbocycles. The van der Waals surface area contributed by atoms with Crippen molar-refractivity contribution in [1.82, 2.24) is 19.5 Å². The van der Waals surface area contributed by atoms with E-state index in [0.29, 0.717) is 17.6 Å². The van der Waals surface area contributed by atoms with Crippen molar-refractivity contribution in [3.8, 4) is 0 Å². The molecule has 0 bridgehead atoms. The number of aliphatic hydroxyl groups is 1. The molecule has 1 aliphatic heterocycles. The van der Waals surface area contributed by atoms with Crippen LogP contribution in [0.4, 0.5) is 19.0 Å². The van der Waals surface area contributed by atoms with Gasteiger partial charge in [0.15, 0.2) is 24.3 Å². The third-order valence-corrected chi connectivity index (χ3v) is 4.17. The lowest BCUT2D eigenvalue weighted by atomic mass is 10.1. The van der Waals surface area contributed by atoms with Crippen LogP contribution in [0.25, 0.3) is 11.2 Å². The molecule has 0 aromatic carbocycles. The van der Waals surface area contributed by atoms with Gasteiger partial charge in [-0.05, 0) is 6.42 Å². The second kappa shape index (κ2) is 7.85. The van der Waals surface area contributed by atoms with E-state index in [9.17, 15) is 23.1 Å². The summed E-state index contributed by atoms with van der Waals surface area (Å²) < 4.78 is 53.1. The molecule has 154 valence electrons. The summed E-state index contributed by atoms with van der Waals surface area (Å²) in [5, 5.41) is 10.4. The molecule has 13 heteroatoms. The second-order valence-corrected chi connectivity index (χ2v) is 6.10. The van der Waals surface area contributed by atoms with Crippen LogP contribution in [0.2, 0.25) is 0 Å². The highest BCUT2D eigenvalue weighted by Crippen LogP contribution is 2.35. The Morgan fingerprint density at radius 3 is 2.82 bits per heavy atom. The fourth-order valence-electron chi connectivity index (χ4n) is 2.88. The highest BCUT2D eigenvalue weighted by Gasteiger charge is 2.45. The van der Waals surface area contributed by atoms with E-state index in [1.807, 2.05) is 0 Å². The molecule has 4 atom stereocenters. The highest BCUT2D eigenvalue weighted by atomic mass is 19.4. The van der Waals surface area contributed by atoms with E-state index in [2.05, 4.69) is 19.7 Å². The predicted octanol–water partition coefficient (Wildman–Crippen LogP) is 0.567. The number of esters is 1. The molecule has 1 unspecified atom stereocenters. The van der Waals surface area contributed by atoms with Crippen molar-refractivity contribution in [3.05, 3.63) is 12.7 Å². The fraction of sp³-hybridized carbons (Fsp3) is 0.600. The number of halogens is 3. The molecule has 3 N–H and O–H groups in total. The van der Waals surface area contributed by atoms with Crippen molar-refractivity contribution in [2.24, 2.45) is 0 Å². The SMILES string of the molecule is CC[C@H]1O[C@@H](n2cnc3c(N)ncnc32)[C@@H](OCC(=O)OCC(F)(F)F)C1O. The maximum Gasteiger partial charge on any atom is 0.422 e. The van der Waals surface area contributed by atoms with Crippen molar-refractivity contribution in [1.29, 1.82) is 0 Å². The third kappa shape index (κ3) is 4.15. The number of carbonyl (C=O) groups excluding carboxylic acids is 1. The van der Waals surface area contributed by atoms with Crippen LogP contribution >= 0.6 is 0 Å². The van der Waals surface area contributed by atoms with Crippen molar-refractivity contribution in [3.63, 3.8) is 0 Å². The smallest absolute Gasteiger partial charge is 0.422 e. The van der Waals surface area contributed by atoms with Crippen LogP contribution < -0.4 is 5.73 Å². The maximum absolute atomic E-state index is 12.1. The number of alkyl halides is 3. The van der Waals surface area contributed by atoms with Gasteiger partial charge in [-0.3, -0.25) is 4.57 Å². The third-order valence-electron chi connectivity index (χ3n) is 4.17. The largest absolute Gasteiger partial charge is 0.454 e. The highest BCUT2D eigenvalue weighted by molar-refractivity contribution is 5.81. The van der Waals surface area contributed by atoms with E-state index >= 15 is 0 Å². The average Bonchev–Trinajstić information content (AvgIpc) is 3.19. The summed E-state index contributed by atoms with van der Waals surface area (Å²) in [7, 11) is 0. The summed E-state index contributed by atoms with van der Waals surface area (Å²) in [4.78, 5) is 23.5. The number of fused-ring (bicyclic) bond motifs is 1. The summed E-state index contributed by atoms with van der Waals surface area (Å²) in [5.41, 5.74) is 6.37. The van der Waals surface area contributed by atoms with Gasteiger partial charge in [-0.1, -0.05) is 6.92 Å². The second-order valence-electron chi connectivity index (χ2n) is 6.10. The molecule has 1 fully saturated rings. The predicted molar refractivity (Wildman–Crippen MR) is 86.7 cm³/mol. The Morgan fingerprint density at radius 1 is 1.39 bits per heavy atom. The number of ether oxygens (including phenoxy) is 3. The number of nitrogens with two attached hydrogens (primary N) is 1. The minimum absolute atomic E-state index is 0.141. The van der Waals surface area contributed by atoms with Crippen LogP contribution in [0.15, 0.2) is 12.7 Å². The minimum atomic E-state index is -4.64. The molecular formula is C15H18F3N5O5. The van der Waals surface area contributed by atoms with E-state index in [-0.39, 0.29) is 5.82 Å². The molecule has 0 radical (unpaired) electrons. The molecule has 2 aromatic rings. The van der Waals surface area contributed by atoms with Gasteiger partial charge in [0.05, 0.1) is 12.4 Å². The quantitative estimate of drug-likeness (QED) is 0.661. The van der Waals surface area contributed by atoms with Gasteiger partial charge < -0.3 is 25.1 Å². The Bertz CT molecular complexity index is 845. The monoisotopic (exact) mass is 405 g/mol. The van der Waals surface area contributed by atoms with Gasteiger partial charge in [-0.15, -0.1) is 0 Å². The topological polar surface area (TPSA) is 135 Å². The van der Waals surface area contributed by atoms with E-state index < -0.39 is 49.9 Å². The lowest BCUT2D eigenvalue weighted by Gasteiger charge is -2.21. The summed E-state index contributed by atoms with van der Waals surface area (Å²) in [6.45, 7) is -0.739. The molecule has 1 aliphatic rings. The van der Waals surface area contributed by atoms with E-state index in [1.165, 1.54) is 17.2 Å². The lowest BCUT2D eigenvalue weighted by Crippen LogP contribution is -2.36. The van der Waals surface area contributed by atoms with E-state index in [1.54, 1.807) is 6.92 Å². The number of anilines is 1. The molecule has 1 saturated heterocycles. The normalized spacial score (nSPS) is 25.3. The van der Waals surface area contributed by atoms with E-state index in [0.717, 1.165) is 0 Å². The zero-order chi connectivity index (χ0) is 20.5. The Morgan fingerprint density at radius 2 is 2.14 bits per heavy atom. The van der Waals surface area contributed by atoms with Gasteiger partial charge >= 0.3 is 12.1 Å². The average molecular weight is 405 g/mol. The van der Waals surface area contributed by atoms with Gasteiger partial charge in [0.25, 0.3) is 0 Å². The van der Waals surface area contributed by atoms with Crippen LogP contribution in [0.5, 0.6) is 0 Å². The summed E-state index contributed by atoms with van der Waals surface area (Å²) >= 11 is 0. The van der Waals surface area contributed by atoms with Crippen LogP contribution in [-0.2, 0) is 19.0 Å². The first kappa shape index (κ1) is 20.2. The molecule has 3 rings (SSSR count). The molecule has 0 amide bonds. The number of nitrogen functional groups attached to an aromatic ring is 1.